The fraction of sp³-hybridized carbons (Fsp3) is 0.726. The molecule has 0 fully saturated rings. The zero-order chi connectivity index (χ0) is 52.0. The molecule has 0 aromatic rings. The van der Waals surface area contributed by atoms with Crippen LogP contribution in [0, 0.1) is 0 Å². The Morgan fingerprint density at radius 1 is 0.507 bits per heavy atom. The number of carbonyl (C=O) groups excluding carboxylic acids is 1. The SMILES string of the molecule is CC/C=C\C/C=C\C/C=C\C/C=C\C/C=C\CCCC(=O)NC(COP(=O)([O-])OCC[N+](C)(C)C)C(O)/C=C/CC/C=C/CC/C=C/CCCCCCCCCCCCCCCCCCCCCCCC. The number of likely N-dealkylation sites (N-methyl/N-ethyl adjacent to an activating group) is 1. The van der Waals surface area contributed by atoms with Crippen LogP contribution in [0.4, 0.5) is 0 Å². The molecule has 0 saturated carbocycles. The summed E-state index contributed by atoms with van der Waals surface area (Å²) in [5.74, 6) is -0.270. The number of aliphatic hydroxyl groups excluding tert-OH is 1. The lowest BCUT2D eigenvalue weighted by Crippen LogP contribution is -2.45. The van der Waals surface area contributed by atoms with Gasteiger partial charge in [-0.1, -0.05) is 246 Å². The van der Waals surface area contributed by atoms with Gasteiger partial charge in [-0.3, -0.25) is 9.36 Å². The van der Waals surface area contributed by atoms with Crippen LogP contribution in [0.25, 0.3) is 0 Å². The number of nitrogens with one attached hydrogen (secondary N) is 1. The first kappa shape index (κ1) is 68.4. The Kier molecular flexibility index (Phi) is 50.4. The molecule has 0 aliphatic carbocycles. The summed E-state index contributed by atoms with van der Waals surface area (Å²) in [5, 5.41) is 13.8. The molecule has 0 rings (SSSR count). The maximum absolute atomic E-state index is 12.9. The van der Waals surface area contributed by atoms with Crippen molar-refractivity contribution in [3.05, 3.63) is 97.2 Å². The average molecular weight is 1010 g/mol. The van der Waals surface area contributed by atoms with E-state index in [-0.39, 0.29) is 18.9 Å². The zero-order valence-electron chi connectivity index (χ0n) is 46.6. The van der Waals surface area contributed by atoms with Crippen molar-refractivity contribution >= 4 is 13.7 Å². The van der Waals surface area contributed by atoms with Gasteiger partial charge in [0.25, 0.3) is 7.82 Å². The Bertz CT molecular complexity index is 1470. The minimum atomic E-state index is -4.63. The molecule has 0 aliphatic rings. The number of hydrogen-bond donors (Lipinski definition) is 2. The number of rotatable bonds is 52. The molecular weight excluding hydrogens is 900 g/mol. The second-order valence-electron chi connectivity index (χ2n) is 20.6. The Labute approximate surface area is 439 Å². The number of allylic oxidation sites excluding steroid dienone is 15. The number of amides is 1. The lowest BCUT2D eigenvalue weighted by molar-refractivity contribution is -0.870. The summed E-state index contributed by atoms with van der Waals surface area (Å²) in [6, 6.07) is -0.947. The molecule has 0 radical (unpaired) electrons. The zero-order valence-corrected chi connectivity index (χ0v) is 47.5. The van der Waals surface area contributed by atoms with Gasteiger partial charge in [0.05, 0.1) is 39.9 Å². The van der Waals surface area contributed by atoms with E-state index in [2.05, 4.69) is 104 Å². The third-order valence-electron chi connectivity index (χ3n) is 12.5. The van der Waals surface area contributed by atoms with E-state index >= 15 is 0 Å². The molecule has 0 heterocycles. The molecule has 9 heteroatoms. The molecule has 2 N–H and O–H groups in total. The van der Waals surface area contributed by atoms with E-state index < -0.39 is 26.6 Å². The van der Waals surface area contributed by atoms with E-state index in [1.165, 1.54) is 148 Å². The van der Waals surface area contributed by atoms with Crippen LogP contribution >= 0.6 is 7.82 Å². The number of phosphoric acid groups is 1. The summed E-state index contributed by atoms with van der Waals surface area (Å²) >= 11 is 0. The summed E-state index contributed by atoms with van der Waals surface area (Å²) in [4.78, 5) is 25.4. The molecule has 410 valence electrons. The molecule has 1 amide bonds. The maximum Gasteiger partial charge on any atom is 0.268 e. The molecule has 8 nitrogen and oxygen atoms in total. The Morgan fingerprint density at radius 2 is 0.873 bits per heavy atom. The predicted octanol–water partition coefficient (Wildman–Crippen LogP) is 17.2. The second-order valence-corrected chi connectivity index (χ2v) is 22.0. The number of hydrogen-bond acceptors (Lipinski definition) is 6. The molecule has 0 bridgehead atoms. The van der Waals surface area contributed by atoms with Crippen molar-refractivity contribution in [2.75, 3.05) is 40.9 Å². The van der Waals surface area contributed by atoms with E-state index in [1.54, 1.807) is 6.08 Å². The first-order valence-electron chi connectivity index (χ1n) is 29.1. The van der Waals surface area contributed by atoms with Crippen LogP contribution in [0.2, 0.25) is 0 Å². The van der Waals surface area contributed by atoms with Crippen molar-refractivity contribution < 1.29 is 32.9 Å². The number of unbranched alkanes of at least 4 members (excludes halogenated alkanes) is 25. The number of quaternary nitrogens is 1. The molecule has 71 heavy (non-hydrogen) atoms. The highest BCUT2D eigenvalue weighted by molar-refractivity contribution is 7.45. The second kappa shape index (κ2) is 52.3. The molecule has 0 spiro atoms. The summed E-state index contributed by atoms with van der Waals surface area (Å²) in [5.41, 5.74) is 0. The van der Waals surface area contributed by atoms with Gasteiger partial charge in [-0.25, -0.2) is 0 Å². The summed E-state index contributed by atoms with van der Waals surface area (Å²) in [7, 11) is 1.19. The Hall–Kier alpha value is -2.58. The Morgan fingerprint density at radius 3 is 1.31 bits per heavy atom. The van der Waals surface area contributed by atoms with Gasteiger partial charge in [0, 0.05) is 6.42 Å². The van der Waals surface area contributed by atoms with Gasteiger partial charge in [-0.2, -0.15) is 0 Å². The average Bonchev–Trinajstić information content (AvgIpc) is 3.33. The number of phosphoric ester groups is 1. The van der Waals surface area contributed by atoms with E-state index in [4.69, 9.17) is 9.05 Å². The predicted molar refractivity (Wildman–Crippen MR) is 306 cm³/mol. The van der Waals surface area contributed by atoms with Crippen LogP contribution in [-0.4, -0.2) is 68.5 Å². The normalized spacial score (nSPS) is 14.6. The fourth-order valence-corrected chi connectivity index (χ4v) is 8.71. The minimum Gasteiger partial charge on any atom is -0.756 e. The fourth-order valence-electron chi connectivity index (χ4n) is 7.99. The highest BCUT2D eigenvalue weighted by atomic mass is 31.2. The van der Waals surface area contributed by atoms with Gasteiger partial charge >= 0.3 is 0 Å². The molecular formula is C62H111N2O6P. The van der Waals surface area contributed by atoms with Gasteiger partial charge in [-0.05, 0) is 83.5 Å². The van der Waals surface area contributed by atoms with Crippen LogP contribution in [-0.2, 0) is 18.4 Å². The van der Waals surface area contributed by atoms with Gasteiger partial charge in [0.2, 0.25) is 5.91 Å². The quantitative estimate of drug-likeness (QED) is 0.0272. The summed E-state index contributed by atoms with van der Waals surface area (Å²) in [6.07, 6.45) is 75.2. The Balaban J connectivity index is 4.27. The standard InChI is InChI=1S/C62H111N2O6P/c1-6-8-10-12-14-16-18-20-22-24-25-26-27-28-29-30-31-32-33-34-35-36-37-38-40-41-43-45-47-49-51-53-55-61(65)60(59-70-71(67,68)69-58-57-64(3,4)5)63-62(66)56-54-52-50-48-46-44-42-39-23-21-19-17-15-13-11-9-7-2/h9,11,15,17,21,23,38,40,42,44-45,47-48,50,53,55,60-61,65H,6-8,10,12-14,16,18-20,22,24-37,39,41,43,46,49,51-52,54,56-59H2,1-5H3,(H-,63,66,67,68)/b11-9-,17-15-,23-21-,40-38+,44-42-,47-45+,50-48-,55-53+. The minimum absolute atomic E-state index is 0.0247. The highest BCUT2D eigenvalue weighted by Crippen LogP contribution is 2.38. The molecule has 0 aromatic carbocycles. The van der Waals surface area contributed by atoms with Crippen LogP contribution in [0.5, 0.6) is 0 Å². The number of carbonyl (C=O) groups is 1. The lowest BCUT2D eigenvalue weighted by Gasteiger charge is -2.29. The van der Waals surface area contributed by atoms with Crippen molar-refractivity contribution in [2.24, 2.45) is 0 Å². The summed E-state index contributed by atoms with van der Waals surface area (Å²) in [6.45, 7) is 4.46. The number of nitrogens with zero attached hydrogens (tertiary/aromatic N) is 1. The van der Waals surface area contributed by atoms with E-state index in [1.807, 2.05) is 27.2 Å². The third-order valence-corrected chi connectivity index (χ3v) is 13.5. The van der Waals surface area contributed by atoms with Gasteiger partial charge in [0.1, 0.15) is 13.2 Å². The first-order valence-corrected chi connectivity index (χ1v) is 30.6. The van der Waals surface area contributed by atoms with Gasteiger partial charge < -0.3 is 28.8 Å². The molecule has 0 aliphatic heterocycles. The van der Waals surface area contributed by atoms with Crippen molar-refractivity contribution in [1.29, 1.82) is 0 Å². The van der Waals surface area contributed by atoms with Crippen LogP contribution in [0.1, 0.15) is 239 Å². The molecule has 3 unspecified atom stereocenters. The molecule has 3 atom stereocenters. The van der Waals surface area contributed by atoms with Crippen LogP contribution in [0.15, 0.2) is 97.2 Å². The first-order chi connectivity index (χ1) is 34.5. The molecule has 0 saturated heterocycles. The van der Waals surface area contributed by atoms with Crippen molar-refractivity contribution in [2.45, 2.75) is 251 Å². The van der Waals surface area contributed by atoms with Crippen LogP contribution < -0.4 is 10.2 Å². The summed E-state index contributed by atoms with van der Waals surface area (Å²) < 4.78 is 23.3. The van der Waals surface area contributed by atoms with E-state index in [0.29, 0.717) is 23.9 Å². The van der Waals surface area contributed by atoms with Crippen molar-refractivity contribution in [1.82, 2.24) is 5.32 Å². The van der Waals surface area contributed by atoms with Gasteiger partial charge in [-0.15, -0.1) is 0 Å². The molecule has 0 aromatic heterocycles. The van der Waals surface area contributed by atoms with E-state index in [0.717, 1.165) is 57.8 Å². The largest absolute Gasteiger partial charge is 0.756 e. The van der Waals surface area contributed by atoms with Crippen molar-refractivity contribution in [3.8, 4) is 0 Å². The maximum atomic E-state index is 12.9. The van der Waals surface area contributed by atoms with Gasteiger partial charge in [0.15, 0.2) is 0 Å². The monoisotopic (exact) mass is 1010 g/mol. The van der Waals surface area contributed by atoms with Crippen molar-refractivity contribution in [3.63, 3.8) is 0 Å². The highest BCUT2D eigenvalue weighted by Gasteiger charge is 2.23. The topological polar surface area (TPSA) is 108 Å². The van der Waals surface area contributed by atoms with E-state index in [9.17, 15) is 19.4 Å². The van der Waals surface area contributed by atoms with Crippen LogP contribution in [0.3, 0.4) is 0 Å². The lowest BCUT2D eigenvalue weighted by atomic mass is 10.0. The number of aliphatic hydroxyl groups is 1. The third kappa shape index (κ3) is 55.0. The smallest absolute Gasteiger partial charge is 0.268 e.